The molecule has 1 rings (SSSR count). The minimum Gasteiger partial charge on any atom is -0.444 e. The minimum atomic E-state index is -0.442. The van der Waals surface area contributed by atoms with E-state index < -0.39 is 5.60 Å². The van der Waals surface area contributed by atoms with Gasteiger partial charge in [0.2, 0.25) is 0 Å². The van der Waals surface area contributed by atoms with E-state index in [1.54, 1.807) is 11.3 Å². The van der Waals surface area contributed by atoms with Gasteiger partial charge in [-0.3, -0.25) is 0 Å². The van der Waals surface area contributed by atoms with E-state index >= 15 is 0 Å². The average molecular weight is 327 g/mol. The van der Waals surface area contributed by atoms with Gasteiger partial charge in [0.15, 0.2) is 0 Å². The molecule has 0 spiro atoms. The van der Waals surface area contributed by atoms with Gasteiger partial charge in [-0.05, 0) is 59.3 Å². The first-order valence-electron chi connectivity index (χ1n) is 7.67. The topological polar surface area (TPSA) is 53.6 Å². The Kier molecular flexibility index (Phi) is 7.85. The number of carbonyl (C=O) groups excluding carboxylic acids is 1. The number of ether oxygens (including phenoxy) is 1. The molecule has 0 aliphatic rings. The van der Waals surface area contributed by atoms with Crippen LogP contribution >= 0.6 is 11.3 Å². The average Bonchev–Trinajstić information content (AvgIpc) is 2.88. The van der Waals surface area contributed by atoms with Gasteiger partial charge in [-0.25, -0.2) is 4.79 Å². The lowest BCUT2D eigenvalue weighted by molar-refractivity contribution is 0.0527. The van der Waals surface area contributed by atoms with Crippen molar-refractivity contribution in [3.8, 4) is 0 Å². The monoisotopic (exact) mass is 327 g/mol. The molecule has 0 radical (unpaired) electrons. The smallest absolute Gasteiger partial charge is 0.407 e. The van der Waals surface area contributed by atoms with Gasteiger partial charge in [0, 0.05) is 18.0 Å². The molecule has 0 saturated carbocycles. The van der Waals surface area contributed by atoms with Crippen molar-refractivity contribution in [3.63, 3.8) is 0 Å². The van der Waals surface area contributed by atoms with Crippen LogP contribution in [0.2, 0.25) is 0 Å². The summed E-state index contributed by atoms with van der Waals surface area (Å²) in [4.78, 5) is 15.1. The summed E-state index contributed by atoms with van der Waals surface area (Å²) < 4.78 is 5.19. The first-order valence-corrected chi connectivity index (χ1v) is 8.55. The number of hydrogen-bond donors (Lipinski definition) is 2. The van der Waals surface area contributed by atoms with E-state index in [9.17, 15) is 4.79 Å². The highest BCUT2D eigenvalue weighted by Gasteiger charge is 2.16. The van der Waals surface area contributed by atoms with Crippen molar-refractivity contribution < 1.29 is 9.53 Å². The molecular formula is C16H29N3O2S. The molecule has 0 bridgehead atoms. The number of likely N-dealkylation sites (N-methyl/N-ethyl adjacent to an activating group) is 1. The van der Waals surface area contributed by atoms with Gasteiger partial charge in [-0.15, -0.1) is 11.3 Å². The lowest BCUT2D eigenvalue weighted by Gasteiger charge is -2.23. The minimum absolute atomic E-state index is 0.350. The third kappa shape index (κ3) is 7.77. The summed E-state index contributed by atoms with van der Waals surface area (Å²) in [7, 11) is 4.19. The fraction of sp³-hybridized carbons (Fsp3) is 0.688. The summed E-state index contributed by atoms with van der Waals surface area (Å²) in [5.74, 6) is 0. The van der Waals surface area contributed by atoms with E-state index in [1.807, 2.05) is 20.8 Å². The highest BCUT2D eigenvalue weighted by molar-refractivity contribution is 7.10. The van der Waals surface area contributed by atoms with Crippen LogP contribution in [0.4, 0.5) is 4.79 Å². The Balaban J connectivity index is 2.16. The Morgan fingerprint density at radius 2 is 2.09 bits per heavy atom. The molecule has 1 unspecified atom stereocenters. The molecular weight excluding hydrogens is 298 g/mol. The molecule has 0 saturated heterocycles. The van der Waals surface area contributed by atoms with Crippen LogP contribution in [-0.4, -0.2) is 50.3 Å². The Morgan fingerprint density at radius 1 is 1.36 bits per heavy atom. The molecule has 0 aliphatic heterocycles. The first kappa shape index (κ1) is 18.9. The maximum absolute atomic E-state index is 11.5. The van der Waals surface area contributed by atoms with Crippen LogP contribution in [0.25, 0.3) is 0 Å². The maximum Gasteiger partial charge on any atom is 0.407 e. The Labute approximate surface area is 138 Å². The molecule has 0 fully saturated rings. The van der Waals surface area contributed by atoms with Gasteiger partial charge in [-0.2, -0.15) is 0 Å². The van der Waals surface area contributed by atoms with Crippen molar-refractivity contribution in [3.05, 3.63) is 22.4 Å². The maximum atomic E-state index is 11.5. The molecule has 2 N–H and O–H groups in total. The number of rotatable bonds is 8. The van der Waals surface area contributed by atoms with Crippen molar-refractivity contribution in [1.82, 2.24) is 15.5 Å². The molecule has 1 atom stereocenters. The van der Waals surface area contributed by atoms with Crippen LogP contribution in [-0.2, 0) is 4.74 Å². The fourth-order valence-electron chi connectivity index (χ4n) is 1.98. The van der Waals surface area contributed by atoms with E-state index in [0.717, 1.165) is 19.5 Å². The lowest BCUT2D eigenvalue weighted by Crippen LogP contribution is -2.35. The number of nitrogens with one attached hydrogen (secondary N) is 2. The molecule has 1 aromatic rings. The normalized spacial score (nSPS) is 13.2. The molecule has 0 aliphatic carbocycles. The second-order valence-electron chi connectivity index (χ2n) is 6.48. The van der Waals surface area contributed by atoms with E-state index in [4.69, 9.17) is 4.74 Å². The van der Waals surface area contributed by atoms with E-state index in [0.29, 0.717) is 12.6 Å². The molecule has 1 aromatic heterocycles. The van der Waals surface area contributed by atoms with Crippen molar-refractivity contribution in [2.45, 2.75) is 38.8 Å². The van der Waals surface area contributed by atoms with Crippen LogP contribution in [0.15, 0.2) is 17.5 Å². The highest BCUT2D eigenvalue weighted by Crippen LogP contribution is 2.22. The molecule has 1 amide bonds. The van der Waals surface area contributed by atoms with Crippen LogP contribution < -0.4 is 10.6 Å². The summed E-state index contributed by atoms with van der Waals surface area (Å²) in [5, 5.41) is 8.33. The second kappa shape index (κ2) is 9.12. The van der Waals surface area contributed by atoms with Crippen molar-refractivity contribution in [2.24, 2.45) is 0 Å². The number of carbonyl (C=O) groups is 1. The number of amides is 1. The quantitative estimate of drug-likeness (QED) is 0.721. The predicted octanol–water partition coefficient (Wildman–Crippen LogP) is 2.86. The van der Waals surface area contributed by atoms with Gasteiger partial charge in [0.1, 0.15) is 5.60 Å². The Bertz CT molecular complexity index is 427. The highest BCUT2D eigenvalue weighted by atomic mass is 32.1. The second-order valence-corrected chi connectivity index (χ2v) is 7.46. The standard InChI is InChI=1S/C16H29N3O2S/c1-16(2,3)21-15(20)18-10-7-9-17-12-13(19(4)5)14-8-6-11-22-14/h6,8,11,13,17H,7,9-10,12H2,1-5H3,(H,18,20). The predicted molar refractivity (Wildman–Crippen MR) is 92.5 cm³/mol. The van der Waals surface area contributed by atoms with Crippen molar-refractivity contribution in [2.75, 3.05) is 33.7 Å². The van der Waals surface area contributed by atoms with Gasteiger partial charge in [-0.1, -0.05) is 6.07 Å². The lowest BCUT2D eigenvalue weighted by atomic mass is 10.2. The van der Waals surface area contributed by atoms with Crippen molar-refractivity contribution in [1.29, 1.82) is 0 Å². The third-order valence-corrected chi connectivity index (χ3v) is 4.00. The summed E-state index contributed by atoms with van der Waals surface area (Å²) in [6.45, 7) is 7.97. The molecule has 126 valence electrons. The zero-order valence-electron chi connectivity index (χ0n) is 14.3. The molecule has 5 nitrogen and oxygen atoms in total. The van der Waals surface area contributed by atoms with Gasteiger partial charge in [0.25, 0.3) is 0 Å². The van der Waals surface area contributed by atoms with Crippen LogP contribution in [0, 0.1) is 0 Å². The third-order valence-electron chi connectivity index (χ3n) is 3.03. The first-order chi connectivity index (χ1) is 10.3. The molecule has 1 heterocycles. The number of thiophene rings is 1. The van der Waals surface area contributed by atoms with Gasteiger partial charge < -0.3 is 20.3 Å². The zero-order valence-corrected chi connectivity index (χ0v) is 15.1. The summed E-state index contributed by atoms with van der Waals surface area (Å²) >= 11 is 1.78. The van der Waals surface area contributed by atoms with Crippen LogP contribution in [0.5, 0.6) is 0 Å². The van der Waals surface area contributed by atoms with E-state index in [1.165, 1.54) is 4.88 Å². The van der Waals surface area contributed by atoms with Crippen molar-refractivity contribution >= 4 is 17.4 Å². The Morgan fingerprint density at radius 3 is 2.64 bits per heavy atom. The van der Waals surface area contributed by atoms with Crippen LogP contribution in [0.1, 0.15) is 38.1 Å². The largest absolute Gasteiger partial charge is 0.444 e. The number of hydrogen-bond acceptors (Lipinski definition) is 5. The molecule has 22 heavy (non-hydrogen) atoms. The van der Waals surface area contributed by atoms with Gasteiger partial charge >= 0.3 is 6.09 Å². The number of alkyl carbamates (subject to hydrolysis) is 1. The van der Waals surface area contributed by atoms with E-state index in [-0.39, 0.29) is 6.09 Å². The summed E-state index contributed by atoms with van der Waals surface area (Å²) in [5.41, 5.74) is -0.442. The zero-order chi connectivity index (χ0) is 16.6. The van der Waals surface area contributed by atoms with Crippen LogP contribution in [0.3, 0.4) is 0 Å². The van der Waals surface area contributed by atoms with Gasteiger partial charge in [0.05, 0.1) is 6.04 Å². The molecule has 6 heteroatoms. The molecule has 0 aromatic carbocycles. The number of nitrogens with zero attached hydrogens (tertiary/aromatic N) is 1. The SMILES string of the molecule is CN(C)C(CNCCCNC(=O)OC(C)(C)C)c1cccs1. The summed E-state index contributed by atoms with van der Waals surface area (Å²) in [6, 6.07) is 4.64. The fourth-order valence-corrected chi connectivity index (χ4v) is 2.90. The van der Waals surface area contributed by atoms with E-state index in [2.05, 4.69) is 47.1 Å². The summed E-state index contributed by atoms with van der Waals surface area (Å²) in [6.07, 6.45) is 0.529. The Hall–Kier alpha value is -1.11.